The van der Waals surface area contributed by atoms with Gasteiger partial charge >= 0.3 is 0 Å². The monoisotopic (exact) mass is 304 g/mol. The number of aromatic nitrogens is 3. The summed E-state index contributed by atoms with van der Waals surface area (Å²) in [5.74, 6) is 1.17. The Balaban J connectivity index is 2.42. The van der Waals surface area contributed by atoms with Crippen LogP contribution in [0.2, 0.25) is 0 Å². The number of allylic oxidation sites excluding steroid dienone is 1. The number of H-pyrrole nitrogens is 1. The Morgan fingerprint density at radius 2 is 2.33 bits per heavy atom. The van der Waals surface area contributed by atoms with E-state index in [4.69, 9.17) is 17.0 Å². The van der Waals surface area contributed by atoms with E-state index in [2.05, 4.69) is 21.9 Å². The number of benzene rings is 1. The molecule has 0 bridgehead atoms. The average molecular weight is 304 g/mol. The summed E-state index contributed by atoms with van der Waals surface area (Å²) in [6, 6.07) is 3.52. The van der Waals surface area contributed by atoms with Gasteiger partial charge in [-0.15, -0.1) is 6.58 Å². The summed E-state index contributed by atoms with van der Waals surface area (Å²) in [6.07, 6.45) is 3.88. The molecule has 21 heavy (non-hydrogen) atoms. The van der Waals surface area contributed by atoms with Crippen LogP contribution in [0, 0.1) is 11.7 Å². The second-order valence-electron chi connectivity index (χ2n) is 4.36. The number of phenolic OH excluding ortho intramolecular Hbond substituents is 1. The molecule has 1 heterocycles. The van der Waals surface area contributed by atoms with Crippen LogP contribution >= 0.6 is 12.2 Å². The summed E-state index contributed by atoms with van der Waals surface area (Å²) in [4.78, 5) is 0. The fraction of sp³-hybridized carbons (Fsp3) is 0.214. The van der Waals surface area contributed by atoms with E-state index in [1.165, 1.54) is 11.8 Å². The molecule has 6 nitrogen and oxygen atoms in total. The van der Waals surface area contributed by atoms with Gasteiger partial charge in [0.2, 0.25) is 4.77 Å². The van der Waals surface area contributed by atoms with Gasteiger partial charge in [-0.3, -0.25) is 5.10 Å². The van der Waals surface area contributed by atoms with Gasteiger partial charge in [0.1, 0.15) is 5.82 Å². The van der Waals surface area contributed by atoms with Crippen LogP contribution in [-0.4, -0.2) is 33.3 Å². The molecular weight excluding hydrogens is 288 g/mol. The van der Waals surface area contributed by atoms with Crippen LogP contribution in [0.4, 0.5) is 0 Å². The molecule has 0 aliphatic heterocycles. The highest BCUT2D eigenvalue weighted by Gasteiger charge is 2.09. The number of rotatable bonds is 5. The Kier molecular flexibility index (Phi) is 4.54. The van der Waals surface area contributed by atoms with Crippen LogP contribution in [0.5, 0.6) is 11.5 Å². The van der Waals surface area contributed by atoms with Crippen molar-refractivity contribution in [1.82, 2.24) is 14.9 Å². The third-order valence-corrected chi connectivity index (χ3v) is 3.16. The molecule has 0 unspecified atom stereocenters. The second kappa shape index (κ2) is 6.36. The van der Waals surface area contributed by atoms with Crippen molar-refractivity contribution < 1.29 is 9.84 Å². The lowest BCUT2D eigenvalue weighted by molar-refractivity contribution is 0.371. The molecule has 2 N–H and O–H groups in total. The largest absolute Gasteiger partial charge is 0.504 e. The lowest BCUT2D eigenvalue weighted by Crippen LogP contribution is -1.96. The van der Waals surface area contributed by atoms with Crippen LogP contribution in [0.15, 0.2) is 29.9 Å². The summed E-state index contributed by atoms with van der Waals surface area (Å²) in [5.41, 5.74) is 1.50. The van der Waals surface area contributed by atoms with E-state index in [0.29, 0.717) is 22.8 Å². The minimum absolute atomic E-state index is 0.116. The highest BCUT2D eigenvalue weighted by Crippen LogP contribution is 2.31. The number of hydrogen-bond donors (Lipinski definition) is 2. The molecule has 0 radical (unpaired) electrons. The Morgan fingerprint density at radius 3 is 2.90 bits per heavy atom. The van der Waals surface area contributed by atoms with Gasteiger partial charge in [0.05, 0.1) is 13.3 Å². The lowest BCUT2D eigenvalue weighted by Gasteiger charge is -2.09. The summed E-state index contributed by atoms with van der Waals surface area (Å²) in [5, 5.41) is 20.9. The highest BCUT2D eigenvalue weighted by molar-refractivity contribution is 7.71. The Bertz CT molecular complexity index is 746. The Morgan fingerprint density at radius 1 is 1.57 bits per heavy atom. The standard InChI is InChI=1S/C14H16N4O2S/c1-4-5-11-6-10(7-12(20-3)13(11)19)8-15-18-9(2)16-17-14(18)21/h4,6-8,19H,1,5H2,2-3H3,(H,17,21)/b15-8-. The van der Waals surface area contributed by atoms with E-state index in [0.717, 1.165) is 11.1 Å². The zero-order valence-electron chi connectivity index (χ0n) is 11.8. The molecular formula is C14H16N4O2S. The second-order valence-corrected chi connectivity index (χ2v) is 4.74. The molecule has 7 heteroatoms. The molecule has 0 aliphatic carbocycles. The first kappa shape index (κ1) is 15.0. The van der Waals surface area contributed by atoms with Crippen molar-refractivity contribution in [2.24, 2.45) is 5.10 Å². The maximum absolute atomic E-state index is 10.0. The number of aromatic hydroxyl groups is 1. The summed E-state index contributed by atoms with van der Waals surface area (Å²) < 4.78 is 7.10. The van der Waals surface area contributed by atoms with Gasteiger partial charge < -0.3 is 9.84 Å². The molecule has 0 saturated carbocycles. The molecule has 2 aromatic rings. The Labute approximate surface area is 127 Å². The van der Waals surface area contributed by atoms with Crippen molar-refractivity contribution in [3.8, 4) is 11.5 Å². The molecule has 0 amide bonds. The fourth-order valence-electron chi connectivity index (χ4n) is 1.86. The van der Waals surface area contributed by atoms with E-state index >= 15 is 0 Å². The topological polar surface area (TPSA) is 75.4 Å². The number of aryl methyl sites for hydroxylation is 1. The number of hydrogen-bond acceptors (Lipinski definition) is 5. The quantitative estimate of drug-likeness (QED) is 0.506. The first-order valence-corrected chi connectivity index (χ1v) is 6.66. The number of methoxy groups -OCH3 is 1. The average Bonchev–Trinajstić information content (AvgIpc) is 2.79. The van der Waals surface area contributed by atoms with E-state index < -0.39 is 0 Å². The summed E-state index contributed by atoms with van der Waals surface area (Å²) in [7, 11) is 1.50. The van der Waals surface area contributed by atoms with Gasteiger partial charge in [-0.2, -0.15) is 14.9 Å². The summed E-state index contributed by atoms with van der Waals surface area (Å²) >= 11 is 5.08. The van der Waals surface area contributed by atoms with Crippen LogP contribution in [0.25, 0.3) is 0 Å². The molecule has 0 aliphatic rings. The third kappa shape index (κ3) is 3.19. The molecule has 110 valence electrons. The normalized spacial score (nSPS) is 11.0. The van der Waals surface area contributed by atoms with Gasteiger partial charge in [-0.1, -0.05) is 6.08 Å². The van der Waals surface area contributed by atoms with Crippen molar-refractivity contribution in [3.63, 3.8) is 0 Å². The van der Waals surface area contributed by atoms with Gasteiger partial charge in [0, 0.05) is 5.56 Å². The van der Waals surface area contributed by atoms with Gasteiger partial charge in [0.25, 0.3) is 0 Å². The third-order valence-electron chi connectivity index (χ3n) is 2.89. The minimum Gasteiger partial charge on any atom is -0.504 e. The predicted molar refractivity (Wildman–Crippen MR) is 83.7 cm³/mol. The maximum Gasteiger partial charge on any atom is 0.216 e. The van der Waals surface area contributed by atoms with E-state index in [1.54, 1.807) is 25.3 Å². The number of nitrogens with one attached hydrogen (secondary N) is 1. The molecule has 2 rings (SSSR count). The molecule has 1 aromatic carbocycles. The number of aromatic amines is 1. The zero-order valence-corrected chi connectivity index (χ0v) is 12.6. The van der Waals surface area contributed by atoms with E-state index in [-0.39, 0.29) is 5.75 Å². The number of ether oxygens (including phenoxy) is 1. The predicted octanol–water partition coefficient (Wildman–Crippen LogP) is 2.57. The maximum atomic E-state index is 10.0. The molecule has 0 atom stereocenters. The van der Waals surface area contributed by atoms with Gasteiger partial charge in [-0.25, -0.2) is 0 Å². The van der Waals surface area contributed by atoms with E-state index in [9.17, 15) is 5.11 Å². The van der Waals surface area contributed by atoms with Gasteiger partial charge in [0.15, 0.2) is 11.5 Å². The molecule has 0 saturated heterocycles. The first-order valence-electron chi connectivity index (χ1n) is 6.26. The zero-order chi connectivity index (χ0) is 15.4. The Hall–Kier alpha value is -2.41. The SMILES string of the molecule is C=CCc1cc(/C=N\n2c(C)n[nH]c2=S)cc(OC)c1O. The van der Waals surface area contributed by atoms with Crippen LogP contribution < -0.4 is 4.74 Å². The van der Waals surface area contributed by atoms with E-state index in [1.807, 2.05) is 6.07 Å². The van der Waals surface area contributed by atoms with Crippen LogP contribution in [0.1, 0.15) is 17.0 Å². The van der Waals surface area contributed by atoms with Crippen LogP contribution in [0.3, 0.4) is 0 Å². The van der Waals surface area contributed by atoms with Crippen molar-refractivity contribution in [1.29, 1.82) is 0 Å². The summed E-state index contributed by atoms with van der Waals surface area (Å²) in [6.45, 7) is 5.47. The molecule has 0 spiro atoms. The minimum atomic E-state index is 0.116. The van der Waals surface area contributed by atoms with Crippen molar-refractivity contribution >= 4 is 18.4 Å². The van der Waals surface area contributed by atoms with Crippen LogP contribution in [-0.2, 0) is 6.42 Å². The van der Waals surface area contributed by atoms with Crippen molar-refractivity contribution in [2.45, 2.75) is 13.3 Å². The van der Waals surface area contributed by atoms with Crippen molar-refractivity contribution in [2.75, 3.05) is 7.11 Å². The smallest absolute Gasteiger partial charge is 0.216 e. The molecule has 0 fully saturated rings. The first-order chi connectivity index (χ1) is 10.1. The van der Waals surface area contributed by atoms with Gasteiger partial charge in [-0.05, 0) is 43.3 Å². The number of phenols is 1. The lowest BCUT2D eigenvalue weighted by atomic mass is 10.1. The fourth-order valence-corrected chi connectivity index (χ4v) is 2.09. The number of nitrogens with zero attached hydrogens (tertiary/aromatic N) is 3. The molecule has 1 aromatic heterocycles. The van der Waals surface area contributed by atoms with Crippen molar-refractivity contribution in [3.05, 3.63) is 46.5 Å². The highest BCUT2D eigenvalue weighted by atomic mass is 32.1.